The van der Waals surface area contributed by atoms with Crippen molar-refractivity contribution in [2.45, 2.75) is 89.8 Å². The fraction of sp³-hybridized carbons (Fsp3) is 0.684. The van der Waals surface area contributed by atoms with Crippen LogP contribution >= 0.6 is 11.3 Å². The van der Waals surface area contributed by atoms with E-state index in [1.54, 1.807) is 12.0 Å². The molecule has 292 valence electrons. The lowest BCUT2D eigenvalue weighted by molar-refractivity contribution is -0.0162. The molecule has 2 atom stereocenters. The average Bonchev–Trinajstić information content (AvgIpc) is 3.69. The first-order valence-corrected chi connectivity index (χ1v) is 20.2. The van der Waals surface area contributed by atoms with Gasteiger partial charge in [0.1, 0.15) is 28.2 Å². The number of hydrogen-bond acceptors (Lipinski definition) is 15. The third kappa shape index (κ3) is 7.87. The maximum absolute atomic E-state index is 12.5. The molecule has 0 aromatic carbocycles. The Labute approximate surface area is 322 Å². The van der Waals surface area contributed by atoms with E-state index in [0.717, 1.165) is 107 Å². The van der Waals surface area contributed by atoms with Gasteiger partial charge in [0, 0.05) is 101 Å². The van der Waals surface area contributed by atoms with Gasteiger partial charge in [0.2, 0.25) is 17.7 Å². The van der Waals surface area contributed by atoms with Crippen molar-refractivity contribution >= 4 is 34.2 Å². The van der Waals surface area contributed by atoms with E-state index in [0.29, 0.717) is 53.1 Å². The molecular weight excluding hydrogens is 707 g/mol. The summed E-state index contributed by atoms with van der Waals surface area (Å²) in [5.74, 6) is 2.38. The number of fused-ring (bicyclic) bond motifs is 1. The summed E-state index contributed by atoms with van der Waals surface area (Å²) >= 11 is 1.49. The Kier molecular flexibility index (Phi) is 11.0. The van der Waals surface area contributed by atoms with Gasteiger partial charge in [-0.1, -0.05) is 5.16 Å². The van der Waals surface area contributed by atoms with Gasteiger partial charge >= 0.3 is 6.09 Å². The minimum atomic E-state index is -0.626. The molecule has 0 saturated carbocycles. The van der Waals surface area contributed by atoms with E-state index in [-0.39, 0.29) is 12.1 Å². The fourth-order valence-electron chi connectivity index (χ4n) is 8.35. The highest BCUT2D eigenvalue weighted by Gasteiger charge is 2.43. The van der Waals surface area contributed by atoms with Crippen LogP contribution in [0.3, 0.4) is 0 Å². The predicted molar refractivity (Wildman–Crippen MR) is 208 cm³/mol. The summed E-state index contributed by atoms with van der Waals surface area (Å²) < 4.78 is 16.9. The summed E-state index contributed by atoms with van der Waals surface area (Å²) in [7, 11) is 1.75. The van der Waals surface area contributed by atoms with Gasteiger partial charge < -0.3 is 39.3 Å². The number of likely N-dealkylation sites (tertiary alicyclic amines) is 1. The third-order valence-corrected chi connectivity index (χ3v) is 12.3. The van der Waals surface area contributed by atoms with Gasteiger partial charge in [-0.15, -0.1) is 11.3 Å². The summed E-state index contributed by atoms with van der Waals surface area (Å²) in [5, 5.41) is 15.1. The van der Waals surface area contributed by atoms with Crippen LogP contribution in [0.15, 0.2) is 10.6 Å². The molecule has 3 aromatic rings. The lowest BCUT2D eigenvalue weighted by atomic mass is 9.72. The second-order valence-corrected chi connectivity index (χ2v) is 17.5. The van der Waals surface area contributed by atoms with Crippen molar-refractivity contribution in [2.75, 3.05) is 94.7 Å². The van der Waals surface area contributed by atoms with Crippen molar-refractivity contribution in [2.24, 2.45) is 0 Å². The Morgan fingerprint density at radius 3 is 2.61 bits per heavy atom. The van der Waals surface area contributed by atoms with E-state index in [9.17, 15) is 10.1 Å². The molecule has 6 heterocycles. The van der Waals surface area contributed by atoms with Crippen LogP contribution in [0, 0.1) is 11.3 Å². The number of nitriles is 1. The number of amides is 1. The molecule has 54 heavy (non-hydrogen) atoms. The number of rotatable bonds is 9. The first kappa shape index (κ1) is 38.2. The number of ether oxygens (including phenoxy) is 2. The maximum Gasteiger partial charge on any atom is 0.410 e. The van der Waals surface area contributed by atoms with Crippen LogP contribution in [-0.2, 0) is 21.3 Å². The number of nitrogens with zero attached hydrogens (tertiary/aromatic N) is 10. The number of nitrogens with two attached hydrogens (primary N) is 1. The molecule has 16 heteroatoms. The van der Waals surface area contributed by atoms with Crippen molar-refractivity contribution in [1.82, 2.24) is 34.8 Å². The van der Waals surface area contributed by atoms with Gasteiger partial charge in [0.05, 0.1) is 11.0 Å². The predicted octanol–water partition coefficient (Wildman–Crippen LogP) is 4.36. The van der Waals surface area contributed by atoms with Gasteiger partial charge in [0.15, 0.2) is 0 Å². The molecule has 0 bridgehead atoms. The number of thiophene rings is 1. The standard InChI is InChI=1S/C38H55N11O4S/c1-25-22-45(13-9-19-51-6)12-8-14-49(25)35-41-28(33-43-34(53-44-33)38(5)11-7-10-29-31(38)27(21-39)32(40)54-29)20-30(42-35)47-17-15-46(16-18-47)26-23-48(24-26)36(50)52-37(2,3)4/h20,25-26H,7-19,22-24,40H2,1-6H3/t25-,38-/m0/s1. The van der Waals surface area contributed by atoms with E-state index in [2.05, 4.69) is 44.7 Å². The molecule has 0 unspecified atom stereocenters. The van der Waals surface area contributed by atoms with Crippen LogP contribution in [0.25, 0.3) is 11.5 Å². The van der Waals surface area contributed by atoms with Gasteiger partial charge in [-0.05, 0) is 73.3 Å². The van der Waals surface area contributed by atoms with Gasteiger partial charge in [-0.25, -0.2) is 9.78 Å². The number of carbonyl (C=O) groups excluding carboxylic acids is 1. The van der Waals surface area contributed by atoms with Crippen molar-refractivity contribution in [1.29, 1.82) is 5.26 Å². The van der Waals surface area contributed by atoms with Crippen LogP contribution in [0.4, 0.5) is 21.6 Å². The number of aromatic nitrogens is 4. The quantitative estimate of drug-likeness (QED) is 0.306. The van der Waals surface area contributed by atoms with E-state index in [4.69, 9.17) is 34.7 Å². The molecular formula is C38H55N11O4S. The second-order valence-electron chi connectivity index (χ2n) is 16.4. The molecule has 15 nitrogen and oxygen atoms in total. The Balaban J connectivity index is 1.14. The molecule has 3 aromatic heterocycles. The Bertz CT molecular complexity index is 1840. The monoisotopic (exact) mass is 761 g/mol. The highest BCUT2D eigenvalue weighted by molar-refractivity contribution is 7.16. The Morgan fingerprint density at radius 1 is 1.11 bits per heavy atom. The number of anilines is 3. The summed E-state index contributed by atoms with van der Waals surface area (Å²) in [6.45, 7) is 19.2. The van der Waals surface area contributed by atoms with Gasteiger partial charge in [-0.3, -0.25) is 4.90 Å². The van der Waals surface area contributed by atoms with Crippen LogP contribution in [0.2, 0.25) is 0 Å². The topological polar surface area (TPSA) is 166 Å². The molecule has 2 N–H and O–H groups in total. The number of nitrogen functional groups attached to an aromatic ring is 1. The second kappa shape index (κ2) is 15.6. The van der Waals surface area contributed by atoms with E-state index < -0.39 is 11.0 Å². The molecule has 1 aliphatic carbocycles. The number of carbonyl (C=O) groups is 1. The molecule has 3 fully saturated rings. The zero-order valence-electron chi connectivity index (χ0n) is 32.6. The largest absolute Gasteiger partial charge is 0.444 e. The summed E-state index contributed by atoms with van der Waals surface area (Å²) in [6, 6.07) is 4.84. The molecule has 3 saturated heterocycles. The molecule has 0 spiro atoms. The summed E-state index contributed by atoms with van der Waals surface area (Å²) in [5.41, 5.74) is 7.23. The number of piperazine rings is 1. The summed E-state index contributed by atoms with van der Waals surface area (Å²) in [6.07, 6.45) is 4.36. The van der Waals surface area contributed by atoms with Gasteiger partial charge in [0.25, 0.3) is 0 Å². The minimum Gasteiger partial charge on any atom is -0.444 e. The zero-order chi connectivity index (χ0) is 38.2. The number of hydrogen-bond donors (Lipinski definition) is 1. The Morgan fingerprint density at radius 2 is 1.89 bits per heavy atom. The minimum absolute atomic E-state index is 0.190. The first-order chi connectivity index (χ1) is 25.9. The number of aryl methyl sites for hydroxylation is 1. The fourth-order valence-corrected chi connectivity index (χ4v) is 9.54. The third-order valence-electron chi connectivity index (χ3n) is 11.3. The van der Waals surface area contributed by atoms with Crippen molar-refractivity contribution < 1.29 is 18.8 Å². The normalized spacial score (nSPS) is 23.1. The molecule has 3 aliphatic heterocycles. The van der Waals surface area contributed by atoms with Crippen LogP contribution < -0.4 is 15.5 Å². The summed E-state index contributed by atoms with van der Waals surface area (Å²) in [4.78, 5) is 40.4. The van der Waals surface area contributed by atoms with Crippen LogP contribution in [0.5, 0.6) is 0 Å². The molecule has 1 amide bonds. The van der Waals surface area contributed by atoms with Crippen molar-refractivity contribution in [3.8, 4) is 17.6 Å². The zero-order valence-corrected chi connectivity index (χ0v) is 33.5. The van der Waals surface area contributed by atoms with Gasteiger partial charge in [-0.2, -0.15) is 15.2 Å². The Hall–Kier alpha value is -4.04. The average molecular weight is 762 g/mol. The van der Waals surface area contributed by atoms with Crippen molar-refractivity contribution in [3.05, 3.63) is 28.0 Å². The highest BCUT2D eigenvalue weighted by Crippen LogP contribution is 2.48. The van der Waals surface area contributed by atoms with Crippen molar-refractivity contribution in [3.63, 3.8) is 0 Å². The smallest absolute Gasteiger partial charge is 0.410 e. The number of methoxy groups -OCH3 is 1. The lowest BCUT2D eigenvalue weighted by Gasteiger charge is -2.48. The lowest BCUT2D eigenvalue weighted by Crippen LogP contribution is -2.64. The van der Waals surface area contributed by atoms with Crippen LogP contribution in [0.1, 0.15) is 82.2 Å². The maximum atomic E-state index is 12.5. The highest BCUT2D eigenvalue weighted by atomic mass is 32.1. The molecule has 0 radical (unpaired) electrons. The SMILES string of the molecule is COCCCN1CCCN(c2nc(-c3noc([C@@]4(C)CCCc5sc(N)c(C#N)c54)n3)cc(N3CCN(C4CN(C(=O)OC(C)(C)C)C4)CC3)n2)[C@@H](C)C1. The van der Waals surface area contributed by atoms with E-state index in [1.807, 2.05) is 26.8 Å². The molecule has 4 aliphatic rings. The van der Waals surface area contributed by atoms with Crippen LogP contribution in [-0.4, -0.2) is 138 Å². The van der Waals surface area contributed by atoms with E-state index in [1.165, 1.54) is 11.3 Å². The molecule has 7 rings (SSSR count). The first-order valence-electron chi connectivity index (χ1n) is 19.4. The van der Waals surface area contributed by atoms with E-state index >= 15 is 0 Å².